The number of carboxylic acid groups (broad SMARTS) is 1. The predicted molar refractivity (Wildman–Crippen MR) is 99.5 cm³/mol. The summed E-state index contributed by atoms with van der Waals surface area (Å²) >= 11 is 1.09. The fraction of sp³-hybridized carbons (Fsp3) is 0.647. The zero-order valence-corrected chi connectivity index (χ0v) is 16.6. The molecule has 2 amide bonds. The summed E-state index contributed by atoms with van der Waals surface area (Å²) < 4.78 is 10.4. The highest BCUT2D eigenvalue weighted by molar-refractivity contribution is 8.00. The van der Waals surface area contributed by atoms with Gasteiger partial charge in [-0.3, -0.25) is 9.59 Å². The van der Waals surface area contributed by atoms with Crippen LogP contribution in [0.5, 0.6) is 0 Å². The third kappa shape index (κ3) is 4.44. The molecule has 0 aromatic carbocycles. The highest BCUT2D eigenvalue weighted by Crippen LogP contribution is 2.51. The number of carbonyl (C=O) groups excluding carboxylic acids is 2. The number of nitrogens with zero attached hydrogens (tertiary/aromatic N) is 1. The van der Waals surface area contributed by atoms with Crippen LogP contribution >= 0.6 is 11.8 Å². The molecule has 2 unspecified atom stereocenters. The van der Waals surface area contributed by atoms with Crippen LogP contribution in [0.1, 0.15) is 33.0 Å². The fourth-order valence-electron chi connectivity index (χ4n) is 3.15. The maximum Gasteiger partial charge on any atom is 0.330 e. The van der Waals surface area contributed by atoms with Crippen molar-refractivity contribution in [2.45, 2.75) is 45.8 Å². The Morgan fingerprint density at radius 1 is 1.37 bits per heavy atom. The first kappa shape index (κ1) is 21.2. The van der Waals surface area contributed by atoms with Crippen molar-refractivity contribution < 1.29 is 28.8 Å². The van der Waals surface area contributed by atoms with Gasteiger partial charge in [-0.25, -0.2) is 4.79 Å². The molecule has 0 bridgehead atoms. The second kappa shape index (κ2) is 8.30. The van der Waals surface area contributed by atoms with Crippen molar-refractivity contribution in [2.24, 2.45) is 5.41 Å². The molecule has 0 aliphatic heterocycles. The maximum atomic E-state index is 12.3. The van der Waals surface area contributed by atoms with E-state index in [9.17, 15) is 19.5 Å². The summed E-state index contributed by atoms with van der Waals surface area (Å²) in [7, 11) is 0. The number of hydrogen-bond donors (Lipinski definition) is 3. The molecule has 2 atom stereocenters. The number of aryl methyl sites for hydroxylation is 1. The highest BCUT2D eigenvalue weighted by Gasteiger charge is 2.66. The van der Waals surface area contributed by atoms with Gasteiger partial charge in [-0.15, -0.1) is 11.8 Å². The SMILES string of the molecule is CCOC1CC(NC(=O)CSCC(=O)Nc2cc(C)on2)(C(=O)O)C1(C)C. The minimum atomic E-state index is -1.37. The fourth-order valence-corrected chi connectivity index (χ4v) is 3.77. The van der Waals surface area contributed by atoms with Gasteiger partial charge in [-0.1, -0.05) is 19.0 Å². The third-order valence-corrected chi connectivity index (χ3v) is 5.78. The van der Waals surface area contributed by atoms with E-state index in [1.54, 1.807) is 26.8 Å². The number of aromatic nitrogens is 1. The van der Waals surface area contributed by atoms with Gasteiger partial charge >= 0.3 is 5.97 Å². The summed E-state index contributed by atoms with van der Waals surface area (Å²) in [5, 5.41) is 18.5. The lowest BCUT2D eigenvalue weighted by atomic mass is 9.54. The van der Waals surface area contributed by atoms with Crippen LogP contribution in [-0.2, 0) is 19.1 Å². The molecule has 0 radical (unpaired) electrons. The van der Waals surface area contributed by atoms with E-state index in [-0.39, 0.29) is 29.9 Å². The number of hydrogen-bond acceptors (Lipinski definition) is 7. The van der Waals surface area contributed by atoms with Crippen LogP contribution in [0.25, 0.3) is 0 Å². The van der Waals surface area contributed by atoms with Crippen molar-refractivity contribution in [3.8, 4) is 0 Å². The number of carbonyl (C=O) groups is 3. The van der Waals surface area contributed by atoms with Crippen LogP contribution < -0.4 is 10.6 Å². The molecule has 1 aliphatic rings. The number of carboxylic acids is 1. The average Bonchev–Trinajstić information content (AvgIpc) is 2.98. The minimum Gasteiger partial charge on any atom is -0.479 e. The Kier molecular flexibility index (Phi) is 6.53. The summed E-state index contributed by atoms with van der Waals surface area (Å²) in [5.74, 6) is -0.957. The normalized spacial score (nSPS) is 23.3. The molecule has 1 aromatic heterocycles. The molecule has 27 heavy (non-hydrogen) atoms. The Morgan fingerprint density at radius 3 is 2.56 bits per heavy atom. The number of anilines is 1. The Balaban J connectivity index is 1.83. The van der Waals surface area contributed by atoms with Gasteiger partial charge in [0.05, 0.1) is 17.6 Å². The number of rotatable bonds is 9. The number of nitrogens with one attached hydrogen (secondary N) is 2. The van der Waals surface area contributed by atoms with Crippen molar-refractivity contribution in [1.29, 1.82) is 0 Å². The summed E-state index contributed by atoms with van der Waals surface area (Å²) in [6.45, 7) is 7.57. The second-order valence-corrected chi connectivity index (χ2v) is 7.98. The Labute approximate surface area is 161 Å². The molecular formula is C17H25N3O6S. The Morgan fingerprint density at radius 2 is 2.04 bits per heavy atom. The number of amides is 2. The molecule has 1 saturated carbocycles. The quantitative estimate of drug-likeness (QED) is 0.568. The van der Waals surface area contributed by atoms with E-state index in [0.29, 0.717) is 18.2 Å². The topological polar surface area (TPSA) is 131 Å². The first-order valence-corrected chi connectivity index (χ1v) is 9.74. The van der Waals surface area contributed by atoms with Gasteiger partial charge < -0.3 is 25.0 Å². The van der Waals surface area contributed by atoms with E-state index in [4.69, 9.17) is 9.26 Å². The van der Waals surface area contributed by atoms with Gasteiger partial charge in [0, 0.05) is 24.5 Å². The standard InChI is InChI=1S/C17H25N3O6S/c1-5-25-11-7-17(15(23)24,16(11,3)4)19-14(22)9-27-8-13(21)18-12-6-10(2)26-20-12/h6,11H,5,7-9H2,1-4H3,(H,19,22)(H,23,24)(H,18,20,21). The van der Waals surface area contributed by atoms with Crippen molar-refractivity contribution >= 4 is 35.4 Å². The number of ether oxygens (including phenoxy) is 1. The number of aliphatic carboxylic acids is 1. The predicted octanol–water partition coefficient (Wildman–Crippen LogP) is 1.43. The lowest BCUT2D eigenvalue weighted by Gasteiger charge is -2.58. The van der Waals surface area contributed by atoms with Gasteiger partial charge in [0.15, 0.2) is 5.82 Å². The molecular weight excluding hydrogens is 374 g/mol. The van der Waals surface area contributed by atoms with Gasteiger partial charge in [-0.05, 0) is 13.8 Å². The molecule has 0 spiro atoms. The first-order chi connectivity index (χ1) is 12.6. The minimum absolute atomic E-state index is 0.0321. The molecule has 1 heterocycles. The summed E-state index contributed by atoms with van der Waals surface area (Å²) in [6, 6.07) is 1.58. The van der Waals surface area contributed by atoms with Crippen LogP contribution in [-0.4, -0.2) is 57.8 Å². The molecule has 150 valence electrons. The van der Waals surface area contributed by atoms with E-state index in [2.05, 4.69) is 15.8 Å². The van der Waals surface area contributed by atoms with E-state index in [0.717, 1.165) is 11.8 Å². The average molecular weight is 399 g/mol. The van der Waals surface area contributed by atoms with Crippen molar-refractivity contribution in [3.05, 3.63) is 11.8 Å². The highest BCUT2D eigenvalue weighted by atomic mass is 32.2. The maximum absolute atomic E-state index is 12.3. The molecule has 9 nitrogen and oxygen atoms in total. The molecule has 1 aromatic rings. The van der Waals surface area contributed by atoms with E-state index >= 15 is 0 Å². The van der Waals surface area contributed by atoms with E-state index in [1.807, 2.05) is 6.92 Å². The van der Waals surface area contributed by atoms with Crippen LogP contribution in [0.4, 0.5) is 5.82 Å². The van der Waals surface area contributed by atoms with Gasteiger partial charge in [-0.2, -0.15) is 0 Å². The Bertz CT molecular complexity index is 719. The van der Waals surface area contributed by atoms with Crippen LogP contribution in [0.2, 0.25) is 0 Å². The van der Waals surface area contributed by atoms with Crippen molar-refractivity contribution in [1.82, 2.24) is 10.5 Å². The lowest BCUT2D eigenvalue weighted by Crippen LogP contribution is -2.76. The summed E-state index contributed by atoms with van der Waals surface area (Å²) in [4.78, 5) is 35.9. The molecule has 10 heteroatoms. The zero-order valence-electron chi connectivity index (χ0n) is 15.8. The molecule has 3 N–H and O–H groups in total. The lowest BCUT2D eigenvalue weighted by molar-refractivity contribution is -0.194. The summed E-state index contributed by atoms with van der Waals surface area (Å²) in [6.07, 6.45) is -0.0192. The van der Waals surface area contributed by atoms with Gasteiger partial charge in [0.25, 0.3) is 0 Å². The molecule has 0 saturated heterocycles. The molecule has 1 aliphatic carbocycles. The van der Waals surface area contributed by atoms with E-state index in [1.165, 1.54) is 0 Å². The Hall–Kier alpha value is -2.07. The van der Waals surface area contributed by atoms with Crippen molar-refractivity contribution in [3.63, 3.8) is 0 Å². The smallest absolute Gasteiger partial charge is 0.330 e. The van der Waals surface area contributed by atoms with Crippen LogP contribution in [0.15, 0.2) is 10.6 Å². The van der Waals surface area contributed by atoms with E-state index < -0.39 is 22.8 Å². The van der Waals surface area contributed by atoms with Gasteiger partial charge in [0.1, 0.15) is 11.3 Å². The monoisotopic (exact) mass is 399 g/mol. The second-order valence-electron chi connectivity index (χ2n) is 6.99. The van der Waals surface area contributed by atoms with Crippen LogP contribution in [0.3, 0.4) is 0 Å². The molecule has 1 fully saturated rings. The first-order valence-electron chi connectivity index (χ1n) is 8.59. The largest absolute Gasteiger partial charge is 0.479 e. The summed E-state index contributed by atoms with van der Waals surface area (Å²) in [5.41, 5.74) is -2.11. The molecule has 2 rings (SSSR count). The van der Waals surface area contributed by atoms with Crippen molar-refractivity contribution in [2.75, 3.05) is 23.4 Å². The van der Waals surface area contributed by atoms with Crippen LogP contribution in [0, 0.1) is 12.3 Å². The zero-order chi connectivity index (χ0) is 20.2. The third-order valence-electron chi connectivity index (χ3n) is 4.84. The number of thioether (sulfide) groups is 1. The van der Waals surface area contributed by atoms with Gasteiger partial charge in [0.2, 0.25) is 11.8 Å².